The molecule has 2 fully saturated rings. The van der Waals surface area contributed by atoms with Gasteiger partial charge in [-0.2, -0.15) is 0 Å². The van der Waals surface area contributed by atoms with E-state index in [1.54, 1.807) is 4.90 Å². The van der Waals surface area contributed by atoms with Gasteiger partial charge in [-0.25, -0.2) is 8.78 Å². The number of aliphatic hydroxyl groups is 1. The minimum absolute atomic E-state index is 0.112. The first kappa shape index (κ1) is 21.1. The van der Waals surface area contributed by atoms with E-state index in [2.05, 4.69) is 16.8 Å². The molecule has 0 radical (unpaired) electrons. The van der Waals surface area contributed by atoms with Crippen LogP contribution in [0.25, 0.3) is 0 Å². The van der Waals surface area contributed by atoms with Crippen LogP contribution in [0.2, 0.25) is 0 Å². The van der Waals surface area contributed by atoms with E-state index in [1.807, 2.05) is 0 Å². The number of rotatable bonds is 5. The Bertz CT molecular complexity index is 692. The van der Waals surface area contributed by atoms with E-state index in [-0.39, 0.29) is 18.1 Å². The van der Waals surface area contributed by atoms with Crippen molar-refractivity contribution in [2.75, 3.05) is 52.9 Å². The van der Waals surface area contributed by atoms with Crippen molar-refractivity contribution in [1.29, 1.82) is 0 Å². The molecule has 0 unspecified atom stereocenters. The third kappa shape index (κ3) is 4.53. The van der Waals surface area contributed by atoms with Crippen molar-refractivity contribution in [3.63, 3.8) is 0 Å². The number of hydrogen-bond acceptors (Lipinski definition) is 4. The van der Waals surface area contributed by atoms with Crippen molar-refractivity contribution in [2.45, 2.75) is 32.2 Å². The zero-order chi connectivity index (χ0) is 20.3. The maximum absolute atomic E-state index is 14.4. The highest BCUT2D eigenvalue weighted by molar-refractivity contribution is 5.95. The second-order valence-electron chi connectivity index (χ2n) is 8.13. The number of piperidine rings is 1. The summed E-state index contributed by atoms with van der Waals surface area (Å²) < 4.78 is 28.6. The molecule has 1 aromatic rings. The summed E-state index contributed by atoms with van der Waals surface area (Å²) in [6.45, 7) is 6.64. The van der Waals surface area contributed by atoms with Crippen LogP contribution in [0.4, 0.5) is 8.78 Å². The summed E-state index contributed by atoms with van der Waals surface area (Å²) in [7, 11) is 2.12. The quantitative estimate of drug-likeness (QED) is 0.830. The normalized spacial score (nSPS) is 24.5. The molecule has 0 aliphatic carbocycles. The monoisotopic (exact) mass is 395 g/mol. The van der Waals surface area contributed by atoms with E-state index in [1.165, 1.54) is 13.0 Å². The molecule has 0 bridgehead atoms. The Kier molecular flexibility index (Phi) is 7.01. The van der Waals surface area contributed by atoms with Crippen LogP contribution in [0.15, 0.2) is 12.1 Å². The van der Waals surface area contributed by atoms with Crippen LogP contribution >= 0.6 is 0 Å². The van der Waals surface area contributed by atoms with Gasteiger partial charge in [-0.05, 0) is 50.8 Å². The topological polar surface area (TPSA) is 47.0 Å². The van der Waals surface area contributed by atoms with Crippen molar-refractivity contribution >= 4 is 5.91 Å². The first-order chi connectivity index (χ1) is 13.4. The lowest BCUT2D eigenvalue weighted by atomic mass is 9.86. The van der Waals surface area contributed by atoms with Crippen molar-refractivity contribution in [3.8, 4) is 0 Å². The van der Waals surface area contributed by atoms with Crippen molar-refractivity contribution in [3.05, 3.63) is 34.9 Å². The molecular formula is C21H31F2N3O2. The number of likely N-dealkylation sites (tertiary alicyclic amines) is 1. The molecule has 2 saturated heterocycles. The lowest BCUT2D eigenvalue weighted by molar-refractivity contribution is 0.0214. The molecule has 2 aliphatic rings. The summed E-state index contributed by atoms with van der Waals surface area (Å²) in [5.74, 6) is -1.94. The van der Waals surface area contributed by atoms with Gasteiger partial charge in [-0.15, -0.1) is 0 Å². The Morgan fingerprint density at radius 2 is 1.89 bits per heavy atom. The molecule has 3 rings (SSSR count). The highest BCUT2D eigenvalue weighted by atomic mass is 19.1. The fourth-order valence-corrected chi connectivity index (χ4v) is 4.49. The van der Waals surface area contributed by atoms with Crippen LogP contribution in [-0.2, 0) is 0 Å². The summed E-state index contributed by atoms with van der Waals surface area (Å²) >= 11 is 0. The zero-order valence-electron chi connectivity index (χ0n) is 16.8. The van der Waals surface area contributed by atoms with Crippen LogP contribution in [0.1, 0.15) is 35.2 Å². The first-order valence-electron chi connectivity index (χ1n) is 10.2. The Hall–Kier alpha value is -1.57. The average molecular weight is 395 g/mol. The first-order valence-corrected chi connectivity index (χ1v) is 10.2. The smallest absolute Gasteiger partial charge is 0.259 e. The van der Waals surface area contributed by atoms with Gasteiger partial charge in [0.05, 0.1) is 0 Å². The number of halogens is 2. The van der Waals surface area contributed by atoms with E-state index >= 15 is 0 Å². The highest BCUT2D eigenvalue weighted by Gasteiger charge is 2.37. The summed E-state index contributed by atoms with van der Waals surface area (Å²) in [4.78, 5) is 19.3. The number of aryl methyl sites for hydroxylation is 1. The number of aliphatic hydroxyl groups excluding tert-OH is 1. The maximum atomic E-state index is 14.4. The SMILES string of the molecule is Cc1ccc(F)c(C(=O)N2CC[C@H](N3CCN(C)CC3)[C@H](CCCO)C2)c1F. The number of benzene rings is 1. The van der Waals surface area contributed by atoms with Gasteiger partial charge in [0.25, 0.3) is 5.91 Å². The average Bonchev–Trinajstić information content (AvgIpc) is 2.70. The zero-order valence-corrected chi connectivity index (χ0v) is 16.8. The number of likely N-dealkylation sites (N-methyl/N-ethyl adjacent to an activating group) is 1. The molecule has 7 heteroatoms. The Morgan fingerprint density at radius 3 is 2.57 bits per heavy atom. The van der Waals surface area contributed by atoms with E-state index < -0.39 is 23.1 Å². The fraction of sp³-hybridized carbons (Fsp3) is 0.667. The van der Waals surface area contributed by atoms with Crippen molar-refractivity contribution in [2.24, 2.45) is 5.92 Å². The Balaban J connectivity index is 1.75. The third-order valence-electron chi connectivity index (χ3n) is 6.22. The summed E-state index contributed by atoms with van der Waals surface area (Å²) in [6, 6.07) is 2.85. The number of piperazine rings is 1. The molecule has 1 amide bonds. The van der Waals surface area contributed by atoms with Gasteiger partial charge in [-0.1, -0.05) is 6.07 Å². The summed E-state index contributed by atoms with van der Waals surface area (Å²) in [5, 5.41) is 9.28. The summed E-state index contributed by atoms with van der Waals surface area (Å²) in [5.41, 5.74) is -0.173. The molecule has 1 aromatic carbocycles. The molecular weight excluding hydrogens is 364 g/mol. The standard InChI is InChI=1S/C21H31F2N3O2/c1-15-5-6-17(22)19(20(15)23)21(28)26-8-7-18(16(14-26)4-3-13-27)25-11-9-24(2)10-12-25/h5-6,16,18,27H,3-4,7-14H2,1-2H3/t16-,18+/m1/s1. The number of hydrogen-bond donors (Lipinski definition) is 1. The second kappa shape index (κ2) is 9.29. The molecule has 5 nitrogen and oxygen atoms in total. The second-order valence-corrected chi connectivity index (χ2v) is 8.13. The summed E-state index contributed by atoms with van der Waals surface area (Å²) in [6.07, 6.45) is 2.26. The molecule has 2 aliphatic heterocycles. The third-order valence-corrected chi connectivity index (χ3v) is 6.22. The number of carbonyl (C=O) groups excluding carboxylic acids is 1. The Morgan fingerprint density at radius 1 is 1.18 bits per heavy atom. The van der Waals surface area contributed by atoms with Gasteiger partial charge in [-0.3, -0.25) is 9.69 Å². The molecule has 2 atom stereocenters. The van der Waals surface area contributed by atoms with Crippen LogP contribution in [0, 0.1) is 24.5 Å². The molecule has 28 heavy (non-hydrogen) atoms. The minimum atomic E-state index is -0.804. The molecule has 1 N–H and O–H groups in total. The van der Waals surface area contributed by atoms with Gasteiger partial charge in [0.15, 0.2) is 0 Å². The van der Waals surface area contributed by atoms with E-state index in [4.69, 9.17) is 0 Å². The lowest BCUT2D eigenvalue weighted by Crippen LogP contribution is -2.57. The highest BCUT2D eigenvalue weighted by Crippen LogP contribution is 2.29. The van der Waals surface area contributed by atoms with Crippen LogP contribution in [0.5, 0.6) is 0 Å². The maximum Gasteiger partial charge on any atom is 0.259 e. The van der Waals surface area contributed by atoms with E-state index in [9.17, 15) is 18.7 Å². The van der Waals surface area contributed by atoms with Gasteiger partial charge in [0.2, 0.25) is 0 Å². The molecule has 2 heterocycles. The van der Waals surface area contributed by atoms with E-state index in [0.717, 1.165) is 45.1 Å². The van der Waals surface area contributed by atoms with Gasteiger partial charge in [0, 0.05) is 51.9 Å². The van der Waals surface area contributed by atoms with Crippen LogP contribution in [-0.4, -0.2) is 84.7 Å². The number of carbonyl (C=O) groups is 1. The van der Waals surface area contributed by atoms with Gasteiger partial charge < -0.3 is 14.9 Å². The minimum Gasteiger partial charge on any atom is -0.396 e. The largest absolute Gasteiger partial charge is 0.396 e. The molecule has 0 spiro atoms. The Labute approximate surface area is 165 Å². The molecule has 0 saturated carbocycles. The van der Waals surface area contributed by atoms with Crippen LogP contribution in [0.3, 0.4) is 0 Å². The lowest BCUT2D eigenvalue weighted by Gasteiger charge is -2.46. The number of nitrogens with zero attached hydrogens (tertiary/aromatic N) is 3. The van der Waals surface area contributed by atoms with Crippen molar-refractivity contribution in [1.82, 2.24) is 14.7 Å². The van der Waals surface area contributed by atoms with Gasteiger partial charge in [0.1, 0.15) is 17.2 Å². The predicted octanol–water partition coefficient (Wildman–Crippen LogP) is 2.12. The van der Waals surface area contributed by atoms with Gasteiger partial charge >= 0.3 is 0 Å². The van der Waals surface area contributed by atoms with E-state index in [0.29, 0.717) is 25.6 Å². The van der Waals surface area contributed by atoms with Crippen LogP contribution < -0.4 is 0 Å². The fourth-order valence-electron chi connectivity index (χ4n) is 4.49. The molecule has 156 valence electrons. The van der Waals surface area contributed by atoms with Crippen molar-refractivity contribution < 1.29 is 18.7 Å². The molecule has 0 aromatic heterocycles. The predicted molar refractivity (Wildman–Crippen MR) is 104 cm³/mol. The number of amides is 1.